The molecule has 6 nitrogen and oxygen atoms in total. The minimum absolute atomic E-state index is 0.0400. The van der Waals surface area contributed by atoms with Crippen LogP contribution in [0.1, 0.15) is 58.1 Å². The van der Waals surface area contributed by atoms with Gasteiger partial charge in [-0.15, -0.1) is 0 Å². The van der Waals surface area contributed by atoms with Gasteiger partial charge in [0.25, 0.3) is 0 Å². The van der Waals surface area contributed by atoms with E-state index < -0.39 is 0 Å². The van der Waals surface area contributed by atoms with Gasteiger partial charge >= 0.3 is 0 Å². The van der Waals surface area contributed by atoms with Crippen molar-refractivity contribution in [3.05, 3.63) is 65.9 Å². The molecule has 0 radical (unpaired) electrons. The number of fused-ring (bicyclic) bond motifs is 1. The van der Waals surface area contributed by atoms with Crippen LogP contribution < -0.4 is 4.74 Å². The number of aromatic amines is 1. The molecule has 1 heterocycles. The predicted octanol–water partition coefficient (Wildman–Crippen LogP) is 5.81. The maximum atomic E-state index is 13.7. The second-order valence-corrected chi connectivity index (χ2v) is 10.6. The number of nitrogens with one attached hydrogen (secondary N) is 1. The summed E-state index contributed by atoms with van der Waals surface area (Å²) in [6.07, 6.45) is 5.02. The van der Waals surface area contributed by atoms with E-state index in [1.54, 1.807) is 12.0 Å². The van der Waals surface area contributed by atoms with E-state index in [0.29, 0.717) is 26.1 Å². The Kier molecular flexibility index (Phi) is 9.57. The third kappa shape index (κ3) is 7.61. The molecule has 0 fully saturated rings. The average Bonchev–Trinajstić information content (AvgIpc) is 3.26. The maximum Gasteiger partial charge on any atom is 0.242 e. The summed E-state index contributed by atoms with van der Waals surface area (Å²) >= 11 is 0. The fraction of sp³-hybridized carbons (Fsp3) is 0.467. The van der Waals surface area contributed by atoms with E-state index in [9.17, 15) is 9.59 Å². The highest BCUT2D eigenvalue weighted by Gasteiger charge is 2.25. The molecule has 194 valence electrons. The SMILES string of the molecule is CCCCN(CC(=O)N(CCc1c[nH]c2ccccc12)Cc1ccccc1OC)C(=O)CC(C)(C)C. The first-order chi connectivity index (χ1) is 17.2. The third-order valence-corrected chi connectivity index (χ3v) is 6.37. The van der Waals surface area contributed by atoms with Crippen LogP contribution in [0, 0.1) is 5.41 Å². The summed E-state index contributed by atoms with van der Waals surface area (Å²) in [7, 11) is 1.65. The number of aromatic nitrogens is 1. The van der Waals surface area contributed by atoms with Crippen LogP contribution in [0.5, 0.6) is 5.75 Å². The van der Waals surface area contributed by atoms with Gasteiger partial charge in [-0.05, 0) is 36.0 Å². The molecule has 0 saturated heterocycles. The zero-order chi connectivity index (χ0) is 26.1. The summed E-state index contributed by atoms with van der Waals surface area (Å²) in [5.41, 5.74) is 3.09. The van der Waals surface area contributed by atoms with Crippen LogP contribution in [0.3, 0.4) is 0 Å². The summed E-state index contributed by atoms with van der Waals surface area (Å²) in [6, 6.07) is 16.0. The van der Waals surface area contributed by atoms with Crippen molar-refractivity contribution in [3.63, 3.8) is 0 Å². The number of carbonyl (C=O) groups excluding carboxylic acids is 2. The monoisotopic (exact) mass is 491 g/mol. The lowest BCUT2D eigenvalue weighted by atomic mass is 9.91. The van der Waals surface area contributed by atoms with Gasteiger partial charge in [-0.25, -0.2) is 0 Å². The Morgan fingerprint density at radius 2 is 1.64 bits per heavy atom. The third-order valence-electron chi connectivity index (χ3n) is 6.37. The quantitative estimate of drug-likeness (QED) is 0.348. The van der Waals surface area contributed by atoms with Crippen LogP contribution in [-0.4, -0.2) is 53.3 Å². The van der Waals surface area contributed by atoms with Crippen LogP contribution in [0.2, 0.25) is 0 Å². The normalized spacial score (nSPS) is 11.5. The molecule has 0 aliphatic rings. The molecule has 0 bridgehead atoms. The van der Waals surface area contributed by atoms with Gasteiger partial charge in [0.1, 0.15) is 5.75 Å². The molecule has 0 saturated carbocycles. The number of para-hydroxylation sites is 2. The first-order valence-electron chi connectivity index (χ1n) is 12.9. The molecule has 2 amide bonds. The number of rotatable bonds is 12. The number of methoxy groups -OCH3 is 1. The van der Waals surface area contributed by atoms with E-state index in [4.69, 9.17) is 4.74 Å². The molecular formula is C30H41N3O3. The van der Waals surface area contributed by atoms with Gasteiger partial charge in [-0.3, -0.25) is 9.59 Å². The molecule has 1 N–H and O–H groups in total. The summed E-state index contributed by atoms with van der Waals surface area (Å²) < 4.78 is 5.55. The fourth-order valence-electron chi connectivity index (χ4n) is 4.39. The Labute approximate surface area is 215 Å². The lowest BCUT2D eigenvalue weighted by molar-refractivity contribution is -0.142. The highest BCUT2D eigenvalue weighted by molar-refractivity contribution is 5.85. The van der Waals surface area contributed by atoms with Crippen molar-refractivity contribution in [2.45, 2.75) is 59.9 Å². The molecule has 0 spiro atoms. The summed E-state index contributed by atoms with van der Waals surface area (Å²) in [5.74, 6) is 0.756. The molecule has 3 rings (SSSR count). The zero-order valence-corrected chi connectivity index (χ0v) is 22.5. The van der Waals surface area contributed by atoms with Crippen LogP contribution in [0.15, 0.2) is 54.7 Å². The molecule has 2 aromatic carbocycles. The molecule has 3 aromatic rings. The van der Waals surface area contributed by atoms with Gasteiger partial charge in [0.15, 0.2) is 0 Å². The standard InChI is InChI=1S/C30H41N3O3/c1-6-7-17-32(28(34)19-30(2,3)4)22-29(35)33(21-24-12-8-11-15-27(24)36-5)18-16-23-20-31-26-14-10-9-13-25(23)26/h8-15,20,31H,6-7,16-19,21-22H2,1-5H3. The van der Waals surface area contributed by atoms with Crippen LogP contribution in [0.4, 0.5) is 0 Å². The number of carbonyl (C=O) groups is 2. The van der Waals surface area contributed by atoms with Gasteiger partial charge in [-0.1, -0.05) is 70.5 Å². The molecule has 6 heteroatoms. The average molecular weight is 492 g/mol. The number of hydrogen-bond acceptors (Lipinski definition) is 3. The Morgan fingerprint density at radius 3 is 2.36 bits per heavy atom. The van der Waals surface area contributed by atoms with Crippen LogP contribution >= 0.6 is 0 Å². The van der Waals surface area contributed by atoms with E-state index >= 15 is 0 Å². The summed E-state index contributed by atoms with van der Waals surface area (Å²) in [5, 5.41) is 1.17. The Hall–Kier alpha value is -3.28. The van der Waals surface area contributed by atoms with E-state index in [-0.39, 0.29) is 23.8 Å². The van der Waals surface area contributed by atoms with Gasteiger partial charge in [0.2, 0.25) is 11.8 Å². The van der Waals surface area contributed by atoms with Gasteiger partial charge in [-0.2, -0.15) is 0 Å². The van der Waals surface area contributed by atoms with Crippen LogP contribution in [0.25, 0.3) is 10.9 Å². The van der Waals surface area contributed by atoms with Crippen molar-refractivity contribution in [3.8, 4) is 5.75 Å². The smallest absolute Gasteiger partial charge is 0.242 e. The predicted molar refractivity (Wildman–Crippen MR) is 146 cm³/mol. The van der Waals surface area contributed by atoms with Gasteiger partial charge in [0.05, 0.1) is 13.7 Å². The molecule has 1 aromatic heterocycles. The largest absolute Gasteiger partial charge is 0.496 e. The Bertz CT molecular complexity index is 1150. The second kappa shape index (κ2) is 12.6. The van der Waals surface area contributed by atoms with Crippen molar-refractivity contribution < 1.29 is 14.3 Å². The van der Waals surface area contributed by atoms with Crippen molar-refractivity contribution in [1.29, 1.82) is 0 Å². The minimum Gasteiger partial charge on any atom is -0.496 e. The van der Waals surface area contributed by atoms with E-state index in [0.717, 1.165) is 36.1 Å². The van der Waals surface area contributed by atoms with E-state index in [1.807, 2.05) is 47.5 Å². The lowest BCUT2D eigenvalue weighted by Crippen LogP contribution is -2.44. The van der Waals surface area contributed by atoms with E-state index in [1.165, 1.54) is 10.9 Å². The molecular weight excluding hydrogens is 450 g/mol. The fourth-order valence-corrected chi connectivity index (χ4v) is 4.39. The van der Waals surface area contributed by atoms with Crippen molar-refractivity contribution in [2.24, 2.45) is 5.41 Å². The number of benzene rings is 2. The Balaban J connectivity index is 1.82. The van der Waals surface area contributed by atoms with Crippen molar-refractivity contribution in [2.75, 3.05) is 26.7 Å². The number of unbranched alkanes of at least 4 members (excludes halogenated alkanes) is 1. The van der Waals surface area contributed by atoms with Crippen LogP contribution in [-0.2, 0) is 22.6 Å². The molecule has 0 aliphatic heterocycles. The highest BCUT2D eigenvalue weighted by Crippen LogP contribution is 2.23. The number of ether oxygens (including phenoxy) is 1. The topological polar surface area (TPSA) is 65.6 Å². The zero-order valence-electron chi connectivity index (χ0n) is 22.5. The van der Waals surface area contributed by atoms with Crippen molar-refractivity contribution >= 4 is 22.7 Å². The first kappa shape index (κ1) is 27.3. The van der Waals surface area contributed by atoms with Gasteiger partial charge in [0, 0.05) is 48.7 Å². The number of amides is 2. The second-order valence-electron chi connectivity index (χ2n) is 10.6. The summed E-state index contributed by atoms with van der Waals surface area (Å²) in [4.78, 5) is 33.7. The van der Waals surface area contributed by atoms with Crippen molar-refractivity contribution in [1.82, 2.24) is 14.8 Å². The molecule has 0 atom stereocenters. The highest BCUT2D eigenvalue weighted by atomic mass is 16.5. The lowest BCUT2D eigenvalue weighted by Gasteiger charge is -2.30. The minimum atomic E-state index is -0.128. The molecule has 36 heavy (non-hydrogen) atoms. The Morgan fingerprint density at radius 1 is 0.917 bits per heavy atom. The first-order valence-corrected chi connectivity index (χ1v) is 12.9. The number of nitrogens with zero attached hydrogens (tertiary/aromatic N) is 2. The number of H-pyrrole nitrogens is 1. The maximum absolute atomic E-state index is 13.7. The molecule has 0 unspecified atom stereocenters. The number of hydrogen-bond donors (Lipinski definition) is 1. The van der Waals surface area contributed by atoms with E-state index in [2.05, 4.69) is 44.8 Å². The molecule has 0 aliphatic carbocycles. The summed E-state index contributed by atoms with van der Waals surface area (Å²) in [6.45, 7) is 9.94. The van der Waals surface area contributed by atoms with Gasteiger partial charge < -0.3 is 19.5 Å².